The molecule has 1 aliphatic rings. The number of nitrogens with zero attached hydrogens (tertiary/aromatic N) is 1. The molecule has 2 atom stereocenters. The van der Waals surface area contributed by atoms with E-state index in [1.807, 2.05) is 0 Å². The Kier molecular flexibility index (Phi) is 5.01. The molecule has 3 nitrogen and oxygen atoms in total. The van der Waals surface area contributed by atoms with Crippen molar-refractivity contribution in [3.05, 3.63) is 0 Å². The summed E-state index contributed by atoms with van der Waals surface area (Å²) in [7, 11) is 4.11. The Morgan fingerprint density at radius 3 is 2.45 bits per heavy atom. The Hall–Kier alpha value is 0.170. The lowest BCUT2D eigenvalue weighted by atomic mass is 10.0. The van der Waals surface area contributed by atoms with Gasteiger partial charge in [-0.05, 0) is 14.1 Å². The summed E-state index contributed by atoms with van der Waals surface area (Å²) in [6, 6.07) is 0.519. The van der Waals surface area contributed by atoms with Crippen LogP contribution in [0, 0.1) is 5.92 Å². The van der Waals surface area contributed by atoms with Gasteiger partial charge in [-0.15, -0.1) is 12.4 Å². The Bertz CT molecular complexity index is 111. The first-order valence-corrected chi connectivity index (χ1v) is 3.73. The number of aliphatic hydroxyl groups excluding tert-OH is 1. The Morgan fingerprint density at radius 2 is 2.09 bits per heavy atom. The largest absolute Gasteiger partial charge is 0.396 e. The smallest absolute Gasteiger partial charge is 0.0486 e. The fraction of sp³-hybridized carbons (Fsp3) is 1.00. The molecule has 0 bridgehead atoms. The second-order valence-corrected chi connectivity index (χ2v) is 3.13. The molecule has 4 heteroatoms. The average Bonchev–Trinajstić information content (AvgIpc) is 2.33. The summed E-state index contributed by atoms with van der Waals surface area (Å²) in [6.07, 6.45) is 0. The zero-order chi connectivity index (χ0) is 7.56. The number of hydrogen-bond acceptors (Lipinski definition) is 3. The summed E-state index contributed by atoms with van der Waals surface area (Å²) in [4.78, 5) is 2.17. The fourth-order valence-electron chi connectivity index (χ4n) is 1.51. The van der Waals surface area contributed by atoms with Crippen molar-refractivity contribution in [2.24, 2.45) is 5.92 Å². The van der Waals surface area contributed by atoms with Crippen molar-refractivity contribution < 1.29 is 5.11 Å². The van der Waals surface area contributed by atoms with E-state index in [0.717, 1.165) is 13.1 Å². The number of halogens is 1. The van der Waals surface area contributed by atoms with E-state index in [-0.39, 0.29) is 12.4 Å². The maximum atomic E-state index is 8.92. The molecular formula is C7H17ClN2O. The molecule has 1 heterocycles. The highest BCUT2D eigenvalue weighted by atomic mass is 35.5. The molecule has 0 saturated carbocycles. The number of likely N-dealkylation sites (N-methyl/N-ethyl adjacent to an activating group) is 1. The van der Waals surface area contributed by atoms with Gasteiger partial charge in [0.25, 0.3) is 0 Å². The molecule has 0 radical (unpaired) electrons. The van der Waals surface area contributed by atoms with Gasteiger partial charge in [-0.2, -0.15) is 0 Å². The van der Waals surface area contributed by atoms with Crippen molar-refractivity contribution in [3.63, 3.8) is 0 Å². The van der Waals surface area contributed by atoms with E-state index in [9.17, 15) is 0 Å². The zero-order valence-electron chi connectivity index (χ0n) is 7.08. The lowest BCUT2D eigenvalue weighted by molar-refractivity contribution is 0.168. The molecule has 0 aliphatic carbocycles. The molecule has 11 heavy (non-hydrogen) atoms. The van der Waals surface area contributed by atoms with E-state index in [4.69, 9.17) is 5.11 Å². The average molecular weight is 181 g/mol. The third kappa shape index (κ3) is 2.60. The van der Waals surface area contributed by atoms with Crippen LogP contribution >= 0.6 is 12.4 Å². The van der Waals surface area contributed by atoms with Crippen LogP contribution in [0.3, 0.4) is 0 Å². The van der Waals surface area contributed by atoms with Gasteiger partial charge in [0.05, 0.1) is 0 Å². The first-order chi connectivity index (χ1) is 4.75. The van der Waals surface area contributed by atoms with Crippen molar-refractivity contribution in [2.75, 3.05) is 33.8 Å². The number of aliphatic hydroxyl groups is 1. The predicted molar refractivity (Wildman–Crippen MR) is 48.2 cm³/mol. The monoisotopic (exact) mass is 180 g/mol. The quantitative estimate of drug-likeness (QED) is 0.605. The van der Waals surface area contributed by atoms with Crippen LogP contribution < -0.4 is 5.32 Å². The molecule has 1 rings (SSSR count). The normalized spacial score (nSPS) is 30.5. The molecule has 2 N–H and O–H groups in total. The van der Waals surface area contributed by atoms with Gasteiger partial charge >= 0.3 is 0 Å². The predicted octanol–water partition coefficient (Wildman–Crippen LogP) is -0.450. The molecule has 1 saturated heterocycles. The minimum atomic E-state index is 0. The van der Waals surface area contributed by atoms with Crippen LogP contribution in [-0.4, -0.2) is 49.8 Å². The fourth-order valence-corrected chi connectivity index (χ4v) is 1.51. The van der Waals surface area contributed by atoms with Gasteiger partial charge in [0.15, 0.2) is 0 Å². The van der Waals surface area contributed by atoms with Crippen LogP contribution in [0.25, 0.3) is 0 Å². The Morgan fingerprint density at radius 1 is 1.45 bits per heavy atom. The highest BCUT2D eigenvalue weighted by Gasteiger charge is 2.27. The van der Waals surface area contributed by atoms with E-state index < -0.39 is 0 Å². The third-order valence-electron chi connectivity index (χ3n) is 2.20. The lowest BCUT2D eigenvalue weighted by Crippen LogP contribution is -2.36. The molecule has 0 aromatic rings. The van der Waals surface area contributed by atoms with Crippen molar-refractivity contribution in [1.82, 2.24) is 10.2 Å². The van der Waals surface area contributed by atoms with Crippen LogP contribution in [0.2, 0.25) is 0 Å². The summed E-state index contributed by atoms with van der Waals surface area (Å²) in [6.45, 7) is 2.27. The van der Waals surface area contributed by atoms with Crippen LogP contribution in [0.15, 0.2) is 0 Å². The summed E-state index contributed by atoms with van der Waals surface area (Å²) < 4.78 is 0. The highest BCUT2D eigenvalue weighted by molar-refractivity contribution is 5.85. The second-order valence-electron chi connectivity index (χ2n) is 3.13. The molecule has 0 aromatic heterocycles. The van der Waals surface area contributed by atoms with E-state index >= 15 is 0 Å². The molecule has 0 aromatic carbocycles. The maximum absolute atomic E-state index is 8.92. The van der Waals surface area contributed by atoms with Gasteiger partial charge in [0.1, 0.15) is 0 Å². The van der Waals surface area contributed by atoms with E-state index in [2.05, 4.69) is 24.3 Å². The first-order valence-electron chi connectivity index (χ1n) is 3.73. The minimum absolute atomic E-state index is 0. The second kappa shape index (κ2) is 4.93. The molecular weight excluding hydrogens is 164 g/mol. The lowest BCUT2D eigenvalue weighted by Gasteiger charge is -2.23. The van der Waals surface area contributed by atoms with Crippen molar-refractivity contribution in [3.8, 4) is 0 Å². The van der Waals surface area contributed by atoms with Gasteiger partial charge in [-0.25, -0.2) is 0 Å². The van der Waals surface area contributed by atoms with Crippen LogP contribution in [0.4, 0.5) is 0 Å². The molecule has 1 aliphatic heterocycles. The Balaban J connectivity index is 0.000001000. The number of hydrogen-bond donors (Lipinski definition) is 2. The zero-order valence-corrected chi connectivity index (χ0v) is 7.90. The van der Waals surface area contributed by atoms with E-state index in [1.165, 1.54) is 0 Å². The Labute approximate surface area is 74.2 Å². The van der Waals surface area contributed by atoms with Gasteiger partial charge < -0.3 is 15.3 Å². The van der Waals surface area contributed by atoms with E-state index in [1.54, 1.807) is 0 Å². The minimum Gasteiger partial charge on any atom is -0.396 e. The van der Waals surface area contributed by atoms with Gasteiger partial charge in [-0.3, -0.25) is 0 Å². The topological polar surface area (TPSA) is 35.5 Å². The van der Waals surface area contributed by atoms with Crippen molar-refractivity contribution in [2.45, 2.75) is 6.04 Å². The van der Waals surface area contributed by atoms with Crippen LogP contribution in [-0.2, 0) is 0 Å². The third-order valence-corrected chi connectivity index (χ3v) is 2.20. The van der Waals surface area contributed by atoms with Crippen LogP contribution in [0.1, 0.15) is 0 Å². The molecule has 68 valence electrons. The standard InChI is InChI=1S/C7H16N2O.ClH/c1-9(2)7-4-8-3-6(7)5-10;/h6-8,10H,3-5H2,1-2H3;1H/t6-,7-;/m1./s1. The molecule has 1 fully saturated rings. The SMILES string of the molecule is CN(C)[C@@H]1CNC[C@@H]1CO.Cl. The summed E-state index contributed by atoms with van der Waals surface area (Å²) in [5, 5.41) is 12.2. The van der Waals surface area contributed by atoms with Gasteiger partial charge in [0.2, 0.25) is 0 Å². The summed E-state index contributed by atoms with van der Waals surface area (Å²) in [5.41, 5.74) is 0. The highest BCUT2D eigenvalue weighted by Crippen LogP contribution is 2.11. The molecule has 0 unspecified atom stereocenters. The molecule has 0 amide bonds. The van der Waals surface area contributed by atoms with Crippen LogP contribution in [0.5, 0.6) is 0 Å². The maximum Gasteiger partial charge on any atom is 0.0486 e. The van der Waals surface area contributed by atoms with E-state index in [0.29, 0.717) is 18.6 Å². The van der Waals surface area contributed by atoms with Gasteiger partial charge in [-0.1, -0.05) is 0 Å². The van der Waals surface area contributed by atoms with Crippen molar-refractivity contribution >= 4 is 12.4 Å². The van der Waals surface area contributed by atoms with Gasteiger partial charge in [0, 0.05) is 31.7 Å². The summed E-state index contributed by atoms with van der Waals surface area (Å²) >= 11 is 0. The number of nitrogens with one attached hydrogen (secondary N) is 1. The first kappa shape index (κ1) is 11.2. The number of rotatable bonds is 2. The molecule has 0 spiro atoms. The summed E-state index contributed by atoms with van der Waals surface area (Å²) in [5.74, 6) is 0.426. The van der Waals surface area contributed by atoms with Crippen molar-refractivity contribution in [1.29, 1.82) is 0 Å².